The SMILES string of the molecule is CCCNC(Cc1ccc(F)cc1Br)c1cc(C)oc1C. The molecule has 0 saturated heterocycles. The molecule has 21 heavy (non-hydrogen) atoms. The van der Waals surface area contributed by atoms with E-state index in [1.807, 2.05) is 19.9 Å². The molecule has 0 fully saturated rings. The molecule has 2 aromatic rings. The minimum atomic E-state index is -0.223. The second-order valence-electron chi connectivity index (χ2n) is 5.32. The summed E-state index contributed by atoms with van der Waals surface area (Å²) in [6, 6.07) is 7.11. The molecule has 1 aromatic heterocycles. The molecular formula is C17H21BrFNO. The van der Waals surface area contributed by atoms with Crippen LogP contribution in [-0.2, 0) is 6.42 Å². The van der Waals surface area contributed by atoms with Crippen LogP contribution in [0.2, 0.25) is 0 Å². The molecule has 1 N–H and O–H groups in total. The summed E-state index contributed by atoms with van der Waals surface area (Å²) in [6.45, 7) is 7.03. The summed E-state index contributed by atoms with van der Waals surface area (Å²) in [5, 5.41) is 3.56. The highest BCUT2D eigenvalue weighted by Crippen LogP contribution is 2.28. The van der Waals surface area contributed by atoms with E-state index in [1.165, 1.54) is 17.7 Å². The van der Waals surface area contributed by atoms with E-state index in [0.29, 0.717) is 0 Å². The Morgan fingerprint density at radius 1 is 1.29 bits per heavy atom. The molecule has 0 bridgehead atoms. The van der Waals surface area contributed by atoms with E-state index in [9.17, 15) is 4.39 Å². The van der Waals surface area contributed by atoms with Crippen LogP contribution in [0.1, 0.15) is 42.0 Å². The number of rotatable bonds is 6. The van der Waals surface area contributed by atoms with Crippen LogP contribution in [0.15, 0.2) is 33.2 Å². The van der Waals surface area contributed by atoms with Crippen LogP contribution in [0, 0.1) is 19.7 Å². The maximum Gasteiger partial charge on any atom is 0.124 e. The number of furan rings is 1. The highest BCUT2D eigenvalue weighted by Gasteiger charge is 2.18. The fraction of sp³-hybridized carbons (Fsp3) is 0.412. The van der Waals surface area contributed by atoms with Crippen molar-refractivity contribution in [2.45, 2.75) is 39.7 Å². The molecule has 0 spiro atoms. The average Bonchev–Trinajstić information content (AvgIpc) is 2.76. The summed E-state index contributed by atoms with van der Waals surface area (Å²) < 4.78 is 19.7. The second-order valence-corrected chi connectivity index (χ2v) is 6.17. The average molecular weight is 354 g/mol. The molecule has 2 rings (SSSR count). The van der Waals surface area contributed by atoms with Gasteiger partial charge in [-0.1, -0.05) is 28.9 Å². The first-order valence-electron chi connectivity index (χ1n) is 7.25. The molecule has 0 amide bonds. The van der Waals surface area contributed by atoms with Gasteiger partial charge in [0.15, 0.2) is 0 Å². The Labute approximate surface area is 133 Å². The van der Waals surface area contributed by atoms with Gasteiger partial charge in [-0.2, -0.15) is 0 Å². The van der Waals surface area contributed by atoms with Crippen LogP contribution in [0.5, 0.6) is 0 Å². The van der Waals surface area contributed by atoms with Crippen molar-refractivity contribution in [1.82, 2.24) is 5.32 Å². The van der Waals surface area contributed by atoms with E-state index in [-0.39, 0.29) is 11.9 Å². The first-order valence-corrected chi connectivity index (χ1v) is 8.04. The Hall–Kier alpha value is -1.13. The molecule has 0 saturated carbocycles. The van der Waals surface area contributed by atoms with Crippen molar-refractivity contribution in [3.05, 3.63) is 57.2 Å². The van der Waals surface area contributed by atoms with Crippen LogP contribution < -0.4 is 5.32 Å². The molecule has 1 aromatic carbocycles. The van der Waals surface area contributed by atoms with Gasteiger partial charge in [0, 0.05) is 16.1 Å². The van der Waals surface area contributed by atoms with E-state index in [2.05, 4.69) is 34.2 Å². The Morgan fingerprint density at radius 2 is 2.05 bits per heavy atom. The Balaban J connectivity index is 2.26. The predicted octanol–water partition coefficient (Wildman–Crippen LogP) is 5.08. The largest absolute Gasteiger partial charge is 0.466 e. The van der Waals surface area contributed by atoms with Gasteiger partial charge in [-0.3, -0.25) is 0 Å². The summed E-state index contributed by atoms with van der Waals surface area (Å²) >= 11 is 3.45. The van der Waals surface area contributed by atoms with Crippen molar-refractivity contribution in [2.24, 2.45) is 0 Å². The first-order chi connectivity index (χ1) is 10.0. The highest BCUT2D eigenvalue weighted by atomic mass is 79.9. The van der Waals surface area contributed by atoms with Gasteiger partial charge in [0.25, 0.3) is 0 Å². The predicted molar refractivity (Wildman–Crippen MR) is 87.0 cm³/mol. The molecule has 1 unspecified atom stereocenters. The van der Waals surface area contributed by atoms with Crippen molar-refractivity contribution < 1.29 is 8.81 Å². The number of nitrogens with one attached hydrogen (secondary N) is 1. The van der Waals surface area contributed by atoms with Gasteiger partial charge >= 0.3 is 0 Å². The molecule has 0 aliphatic carbocycles. The maximum absolute atomic E-state index is 13.2. The molecule has 114 valence electrons. The van der Waals surface area contributed by atoms with Gasteiger partial charge in [-0.05, 0) is 57.0 Å². The second kappa shape index (κ2) is 7.23. The normalized spacial score (nSPS) is 12.6. The number of hydrogen-bond donors (Lipinski definition) is 1. The zero-order valence-corrected chi connectivity index (χ0v) is 14.3. The Bertz CT molecular complexity index is 609. The van der Waals surface area contributed by atoms with Crippen molar-refractivity contribution in [1.29, 1.82) is 0 Å². The third-order valence-electron chi connectivity index (χ3n) is 3.53. The summed E-state index contributed by atoms with van der Waals surface area (Å²) in [5.74, 6) is 1.64. The molecule has 4 heteroatoms. The van der Waals surface area contributed by atoms with E-state index in [1.54, 1.807) is 0 Å². The lowest BCUT2D eigenvalue weighted by Gasteiger charge is -2.19. The van der Waals surface area contributed by atoms with E-state index in [4.69, 9.17) is 4.42 Å². The third-order valence-corrected chi connectivity index (χ3v) is 4.27. The van der Waals surface area contributed by atoms with Gasteiger partial charge in [0.2, 0.25) is 0 Å². The molecule has 0 aliphatic heterocycles. The topological polar surface area (TPSA) is 25.2 Å². The molecule has 2 nitrogen and oxygen atoms in total. The van der Waals surface area contributed by atoms with Gasteiger partial charge in [-0.25, -0.2) is 4.39 Å². The van der Waals surface area contributed by atoms with Gasteiger partial charge in [0.1, 0.15) is 17.3 Å². The molecule has 1 atom stereocenters. The lowest BCUT2D eigenvalue weighted by molar-refractivity contribution is 0.480. The Kier molecular flexibility index (Phi) is 5.59. The molecular weight excluding hydrogens is 333 g/mol. The summed E-state index contributed by atoms with van der Waals surface area (Å²) in [6.07, 6.45) is 1.86. The third kappa shape index (κ3) is 4.17. The van der Waals surface area contributed by atoms with E-state index in [0.717, 1.165) is 40.9 Å². The lowest BCUT2D eigenvalue weighted by atomic mass is 9.99. The van der Waals surface area contributed by atoms with Gasteiger partial charge in [-0.15, -0.1) is 0 Å². The maximum atomic E-state index is 13.2. The zero-order valence-electron chi connectivity index (χ0n) is 12.7. The van der Waals surface area contributed by atoms with Crippen LogP contribution >= 0.6 is 15.9 Å². The minimum absolute atomic E-state index is 0.171. The fourth-order valence-electron chi connectivity index (χ4n) is 2.51. The fourth-order valence-corrected chi connectivity index (χ4v) is 3.03. The van der Waals surface area contributed by atoms with Crippen molar-refractivity contribution >= 4 is 15.9 Å². The number of hydrogen-bond acceptors (Lipinski definition) is 2. The van der Waals surface area contributed by atoms with Crippen LogP contribution in [-0.4, -0.2) is 6.54 Å². The van der Waals surface area contributed by atoms with Gasteiger partial charge < -0.3 is 9.73 Å². The zero-order chi connectivity index (χ0) is 15.4. The lowest BCUT2D eigenvalue weighted by Crippen LogP contribution is -2.24. The summed E-state index contributed by atoms with van der Waals surface area (Å²) in [5.41, 5.74) is 2.26. The van der Waals surface area contributed by atoms with Crippen molar-refractivity contribution in [3.63, 3.8) is 0 Å². The minimum Gasteiger partial charge on any atom is -0.466 e. The van der Waals surface area contributed by atoms with E-state index < -0.39 is 0 Å². The Morgan fingerprint density at radius 3 is 2.62 bits per heavy atom. The molecule has 1 heterocycles. The smallest absolute Gasteiger partial charge is 0.124 e. The van der Waals surface area contributed by atoms with Gasteiger partial charge in [0.05, 0.1) is 0 Å². The molecule has 0 aliphatic rings. The van der Waals surface area contributed by atoms with Crippen molar-refractivity contribution in [2.75, 3.05) is 6.54 Å². The monoisotopic (exact) mass is 353 g/mol. The number of benzene rings is 1. The summed E-state index contributed by atoms with van der Waals surface area (Å²) in [4.78, 5) is 0. The first kappa shape index (κ1) is 16.2. The summed E-state index contributed by atoms with van der Waals surface area (Å²) in [7, 11) is 0. The van der Waals surface area contributed by atoms with E-state index >= 15 is 0 Å². The number of halogens is 2. The standard InChI is InChI=1S/C17H21BrFNO/c1-4-7-20-17(15-8-11(2)21-12(15)3)9-13-5-6-14(19)10-16(13)18/h5-6,8,10,17,20H,4,7,9H2,1-3H3. The van der Waals surface area contributed by atoms with Crippen LogP contribution in [0.3, 0.4) is 0 Å². The van der Waals surface area contributed by atoms with Crippen LogP contribution in [0.25, 0.3) is 0 Å². The highest BCUT2D eigenvalue weighted by molar-refractivity contribution is 9.10. The molecule has 0 radical (unpaired) electrons. The number of aryl methyl sites for hydroxylation is 2. The quantitative estimate of drug-likeness (QED) is 0.782. The van der Waals surface area contributed by atoms with Crippen molar-refractivity contribution in [3.8, 4) is 0 Å². The van der Waals surface area contributed by atoms with Crippen LogP contribution in [0.4, 0.5) is 4.39 Å².